The number of nitrogens with one attached hydrogen (secondary N) is 1. The molecule has 3 aromatic rings. The van der Waals surface area contributed by atoms with Crippen molar-refractivity contribution in [2.24, 2.45) is 0 Å². The highest BCUT2D eigenvalue weighted by atomic mass is 127. The second-order valence-electron chi connectivity index (χ2n) is 7.50. The molecule has 34 heavy (non-hydrogen) atoms. The number of carbonyl (C=O) groups excluding carboxylic acids is 2. The van der Waals surface area contributed by atoms with E-state index in [0.29, 0.717) is 22.4 Å². The van der Waals surface area contributed by atoms with Crippen molar-refractivity contribution < 1.29 is 18.7 Å². The van der Waals surface area contributed by atoms with E-state index in [9.17, 15) is 14.0 Å². The van der Waals surface area contributed by atoms with E-state index in [2.05, 4.69) is 49.9 Å². The number of benzene rings is 3. The maximum atomic E-state index is 14.3. The van der Waals surface area contributed by atoms with Crippen LogP contribution in [0.25, 0.3) is 6.08 Å². The molecule has 3 aromatic carbocycles. The van der Waals surface area contributed by atoms with Gasteiger partial charge in [0.05, 0.1) is 13.7 Å². The fraction of sp³-hybridized carbons (Fsp3) is 0.0800. The number of aryl methyl sites for hydroxylation is 1. The molecule has 1 saturated heterocycles. The first kappa shape index (κ1) is 24.5. The Labute approximate surface area is 223 Å². The van der Waals surface area contributed by atoms with Gasteiger partial charge in [-0.05, 0) is 99.1 Å². The Morgan fingerprint density at radius 2 is 1.91 bits per heavy atom. The van der Waals surface area contributed by atoms with Gasteiger partial charge in [0.15, 0.2) is 5.11 Å². The second-order valence-corrected chi connectivity index (χ2v) is 9.90. The van der Waals surface area contributed by atoms with Crippen molar-refractivity contribution in [3.05, 3.63) is 96.8 Å². The Morgan fingerprint density at radius 1 is 1.15 bits per heavy atom. The molecule has 172 valence electrons. The van der Waals surface area contributed by atoms with Gasteiger partial charge < -0.3 is 4.74 Å². The molecule has 0 atom stereocenters. The minimum Gasteiger partial charge on any atom is -0.487 e. The monoisotopic (exact) mass is 650 g/mol. The molecule has 1 N–H and O–H groups in total. The summed E-state index contributed by atoms with van der Waals surface area (Å²) < 4.78 is 21.8. The van der Waals surface area contributed by atoms with E-state index in [1.54, 1.807) is 18.2 Å². The van der Waals surface area contributed by atoms with E-state index in [1.165, 1.54) is 24.3 Å². The highest BCUT2D eigenvalue weighted by Crippen LogP contribution is 2.34. The summed E-state index contributed by atoms with van der Waals surface area (Å²) in [5.74, 6) is -1.32. The summed E-state index contributed by atoms with van der Waals surface area (Å²) in [4.78, 5) is 26.7. The van der Waals surface area contributed by atoms with Crippen molar-refractivity contribution >= 4 is 79.4 Å². The minimum atomic E-state index is -0.704. The third-order valence-electron chi connectivity index (χ3n) is 4.99. The molecular formula is C25H17BrFIN2O3S. The van der Waals surface area contributed by atoms with Gasteiger partial charge in [-0.15, -0.1) is 0 Å². The lowest BCUT2D eigenvalue weighted by Gasteiger charge is -2.29. The first-order chi connectivity index (χ1) is 16.2. The van der Waals surface area contributed by atoms with Gasteiger partial charge in [-0.1, -0.05) is 42.0 Å². The van der Waals surface area contributed by atoms with Gasteiger partial charge in [0.2, 0.25) is 0 Å². The number of hydrogen-bond donors (Lipinski definition) is 1. The van der Waals surface area contributed by atoms with Gasteiger partial charge in [-0.3, -0.25) is 14.9 Å². The third-order valence-corrected chi connectivity index (χ3v) is 6.67. The van der Waals surface area contributed by atoms with E-state index in [4.69, 9.17) is 17.0 Å². The highest BCUT2D eigenvalue weighted by Gasteiger charge is 2.35. The normalized spacial score (nSPS) is 15.0. The van der Waals surface area contributed by atoms with Crippen molar-refractivity contribution in [2.75, 3.05) is 4.90 Å². The highest BCUT2D eigenvalue weighted by molar-refractivity contribution is 14.1. The largest absolute Gasteiger partial charge is 0.487 e. The summed E-state index contributed by atoms with van der Waals surface area (Å²) in [5.41, 5.74) is 2.60. The number of hydrogen-bond acceptors (Lipinski definition) is 4. The zero-order valence-corrected chi connectivity index (χ0v) is 22.3. The molecule has 0 saturated carbocycles. The summed E-state index contributed by atoms with van der Waals surface area (Å²) in [6.45, 7) is 2.42. The van der Waals surface area contributed by atoms with Crippen molar-refractivity contribution in [1.29, 1.82) is 0 Å². The van der Waals surface area contributed by atoms with E-state index in [0.717, 1.165) is 19.6 Å². The van der Waals surface area contributed by atoms with Crippen LogP contribution in [-0.4, -0.2) is 16.9 Å². The fourth-order valence-electron chi connectivity index (χ4n) is 3.43. The Balaban J connectivity index is 1.62. The van der Waals surface area contributed by atoms with Gasteiger partial charge in [-0.25, -0.2) is 9.29 Å². The number of para-hydroxylation sites is 1. The lowest BCUT2D eigenvalue weighted by atomic mass is 10.1. The first-order valence-electron chi connectivity index (χ1n) is 10.1. The molecule has 0 bridgehead atoms. The van der Waals surface area contributed by atoms with Crippen LogP contribution in [0.1, 0.15) is 16.7 Å². The number of ether oxygens (including phenoxy) is 1. The number of anilines is 1. The minimum absolute atomic E-state index is 0.0287. The third kappa shape index (κ3) is 5.21. The second kappa shape index (κ2) is 10.3. The number of nitrogens with zero attached hydrogens (tertiary/aromatic N) is 1. The summed E-state index contributed by atoms with van der Waals surface area (Å²) in [6, 6.07) is 17.3. The Bertz CT molecular complexity index is 1340. The van der Waals surface area contributed by atoms with Crippen molar-refractivity contribution in [2.45, 2.75) is 13.5 Å². The van der Waals surface area contributed by atoms with Gasteiger partial charge in [0.25, 0.3) is 11.8 Å². The topological polar surface area (TPSA) is 58.6 Å². The van der Waals surface area contributed by atoms with Crippen LogP contribution in [0, 0.1) is 16.3 Å². The van der Waals surface area contributed by atoms with Crippen LogP contribution in [0.15, 0.2) is 70.7 Å². The van der Waals surface area contributed by atoms with E-state index < -0.39 is 17.6 Å². The van der Waals surface area contributed by atoms with Gasteiger partial charge in [0, 0.05) is 0 Å². The molecule has 4 rings (SSSR count). The van der Waals surface area contributed by atoms with Crippen LogP contribution in [0.4, 0.5) is 10.1 Å². The lowest BCUT2D eigenvalue weighted by molar-refractivity contribution is -0.122. The predicted octanol–water partition coefficient (Wildman–Crippen LogP) is 5.91. The molecule has 0 aromatic heterocycles. The first-order valence-corrected chi connectivity index (χ1v) is 12.4. The molecule has 1 aliphatic heterocycles. The summed E-state index contributed by atoms with van der Waals surface area (Å²) in [5, 5.41) is 2.29. The molecule has 0 unspecified atom stereocenters. The number of rotatable bonds is 5. The quantitative estimate of drug-likeness (QED) is 0.161. The maximum Gasteiger partial charge on any atom is 0.270 e. The predicted molar refractivity (Wildman–Crippen MR) is 145 cm³/mol. The summed E-state index contributed by atoms with van der Waals surface area (Å²) in [7, 11) is 0. The zero-order valence-electron chi connectivity index (χ0n) is 17.8. The fourth-order valence-corrected chi connectivity index (χ4v) is 5.48. The molecule has 1 fully saturated rings. The summed E-state index contributed by atoms with van der Waals surface area (Å²) in [6.07, 6.45) is 1.45. The van der Waals surface area contributed by atoms with Crippen LogP contribution in [0.3, 0.4) is 0 Å². The van der Waals surface area contributed by atoms with Crippen LogP contribution in [0.5, 0.6) is 5.75 Å². The van der Waals surface area contributed by atoms with Crippen LogP contribution in [-0.2, 0) is 16.2 Å². The van der Waals surface area contributed by atoms with Crippen LogP contribution in [0.2, 0.25) is 0 Å². The van der Waals surface area contributed by atoms with Gasteiger partial charge >= 0.3 is 0 Å². The van der Waals surface area contributed by atoms with Gasteiger partial charge in [0.1, 0.15) is 23.7 Å². The Hall–Kier alpha value is -2.63. The number of amides is 2. The molecular weight excluding hydrogens is 634 g/mol. The smallest absolute Gasteiger partial charge is 0.270 e. The number of thiocarbonyl (C=S) groups is 1. The molecule has 9 heteroatoms. The Kier molecular flexibility index (Phi) is 7.44. The lowest BCUT2D eigenvalue weighted by Crippen LogP contribution is -2.54. The van der Waals surface area contributed by atoms with E-state index in [-0.39, 0.29) is 16.4 Å². The van der Waals surface area contributed by atoms with Crippen LogP contribution >= 0.6 is 50.7 Å². The van der Waals surface area contributed by atoms with Crippen LogP contribution < -0.4 is 15.0 Å². The zero-order chi connectivity index (χ0) is 24.4. The number of carbonyl (C=O) groups is 2. The maximum absolute atomic E-state index is 14.3. The average molecular weight is 651 g/mol. The SMILES string of the molecule is Cc1cccc(COc2c(Br)cc(/C=C3\C(=O)NC(=S)N(c4ccccc4F)C3=O)cc2I)c1. The van der Waals surface area contributed by atoms with Gasteiger partial charge in [-0.2, -0.15) is 0 Å². The molecule has 0 spiro atoms. The molecule has 1 aliphatic rings. The number of halogens is 3. The molecule has 5 nitrogen and oxygen atoms in total. The Morgan fingerprint density at radius 3 is 2.62 bits per heavy atom. The van der Waals surface area contributed by atoms with E-state index >= 15 is 0 Å². The van der Waals surface area contributed by atoms with E-state index in [1.807, 2.05) is 25.1 Å². The molecule has 2 amide bonds. The molecule has 0 radical (unpaired) electrons. The molecule has 1 heterocycles. The van der Waals surface area contributed by atoms with Crippen molar-refractivity contribution in [1.82, 2.24) is 5.32 Å². The summed E-state index contributed by atoms with van der Waals surface area (Å²) >= 11 is 10.8. The average Bonchev–Trinajstić information content (AvgIpc) is 2.77. The molecule has 0 aliphatic carbocycles. The standard InChI is InChI=1S/C25H17BrFIN2O3S/c1-14-5-4-6-15(9-14)13-33-22-18(26)11-16(12-20(22)28)10-17-23(31)29-25(34)30(24(17)32)21-8-3-2-7-19(21)27/h2-12H,13H2,1H3,(H,29,31,34)/b17-10+. The van der Waals surface area contributed by atoms with Crippen molar-refractivity contribution in [3.8, 4) is 5.75 Å². The van der Waals surface area contributed by atoms with Crippen molar-refractivity contribution in [3.63, 3.8) is 0 Å².